The van der Waals surface area contributed by atoms with Gasteiger partial charge in [-0.15, -0.1) is 10.2 Å². The second kappa shape index (κ2) is 8.37. The molecule has 1 aromatic carbocycles. The molecular formula is C17H15ClFN3O3S. The zero-order valence-corrected chi connectivity index (χ0v) is 15.6. The third-order valence-electron chi connectivity index (χ3n) is 3.16. The summed E-state index contributed by atoms with van der Waals surface area (Å²) in [4.78, 5) is 3.81. The molecule has 2 aromatic heterocycles. The van der Waals surface area contributed by atoms with Crippen LogP contribution in [-0.4, -0.2) is 20.9 Å². The largest absolute Gasteiger partial charge is 0.481 e. The van der Waals surface area contributed by atoms with E-state index in [1.165, 1.54) is 18.0 Å². The van der Waals surface area contributed by atoms with E-state index >= 15 is 0 Å². The lowest BCUT2D eigenvalue weighted by Crippen LogP contribution is -2.03. The number of thioether (sulfide) groups is 1. The van der Waals surface area contributed by atoms with E-state index in [1.54, 1.807) is 24.3 Å². The molecule has 3 aromatic rings. The van der Waals surface area contributed by atoms with Crippen LogP contribution in [0.2, 0.25) is 5.02 Å². The van der Waals surface area contributed by atoms with Crippen molar-refractivity contribution >= 4 is 23.4 Å². The molecular weight excluding hydrogens is 381 g/mol. The quantitative estimate of drug-likeness (QED) is 0.502. The Bertz CT molecular complexity index is 876. The van der Waals surface area contributed by atoms with Crippen molar-refractivity contribution in [3.8, 4) is 17.4 Å². The van der Waals surface area contributed by atoms with Gasteiger partial charge in [0, 0.05) is 6.20 Å². The third kappa shape index (κ3) is 4.64. The first kappa shape index (κ1) is 18.5. The number of rotatable bonds is 7. The molecule has 1 atom stereocenters. The molecule has 0 amide bonds. The standard InChI is InChI=1S/C17H15ClFN3O3S/c1-3-26-17-22-21-15(25-17)10(2)23-12-4-6-13(7-5-12)24-16-14(19)8-11(18)9-20-16/h4-10H,3H2,1-2H3/t10-/m1/s1. The zero-order chi connectivity index (χ0) is 18.5. The van der Waals surface area contributed by atoms with Gasteiger partial charge in [-0.3, -0.25) is 0 Å². The molecule has 0 aliphatic rings. The SMILES string of the molecule is CCSc1nnc([C@@H](C)Oc2ccc(Oc3ncc(Cl)cc3F)cc2)o1. The van der Waals surface area contributed by atoms with Crippen LogP contribution in [0.5, 0.6) is 17.4 Å². The van der Waals surface area contributed by atoms with Gasteiger partial charge in [-0.05, 0) is 43.0 Å². The number of hydrogen-bond acceptors (Lipinski definition) is 7. The summed E-state index contributed by atoms with van der Waals surface area (Å²) in [7, 11) is 0. The molecule has 3 rings (SSSR count). The number of benzene rings is 1. The van der Waals surface area contributed by atoms with Gasteiger partial charge in [0.05, 0.1) is 5.02 Å². The van der Waals surface area contributed by atoms with E-state index in [2.05, 4.69) is 15.2 Å². The maximum absolute atomic E-state index is 13.7. The minimum absolute atomic E-state index is 0.150. The van der Waals surface area contributed by atoms with Crippen molar-refractivity contribution in [2.75, 3.05) is 5.75 Å². The van der Waals surface area contributed by atoms with Crippen LogP contribution < -0.4 is 9.47 Å². The number of hydrogen-bond donors (Lipinski definition) is 0. The Morgan fingerprint density at radius 1 is 1.23 bits per heavy atom. The Labute approximate surface area is 158 Å². The summed E-state index contributed by atoms with van der Waals surface area (Å²) in [6.07, 6.45) is 0.907. The summed E-state index contributed by atoms with van der Waals surface area (Å²) < 4.78 is 30.4. The molecule has 0 aliphatic heterocycles. The monoisotopic (exact) mass is 395 g/mol. The number of ether oxygens (including phenoxy) is 2. The van der Waals surface area contributed by atoms with Gasteiger partial charge < -0.3 is 13.9 Å². The molecule has 0 radical (unpaired) electrons. The Morgan fingerprint density at radius 2 is 1.96 bits per heavy atom. The predicted molar refractivity (Wildman–Crippen MR) is 95.5 cm³/mol. The average Bonchev–Trinajstić information content (AvgIpc) is 3.08. The Morgan fingerprint density at radius 3 is 2.65 bits per heavy atom. The minimum atomic E-state index is -0.636. The van der Waals surface area contributed by atoms with Crippen molar-refractivity contribution < 1.29 is 18.3 Å². The highest BCUT2D eigenvalue weighted by Crippen LogP contribution is 2.28. The molecule has 0 aliphatic carbocycles. The molecule has 6 nitrogen and oxygen atoms in total. The van der Waals surface area contributed by atoms with Crippen LogP contribution >= 0.6 is 23.4 Å². The van der Waals surface area contributed by atoms with Crippen molar-refractivity contribution in [2.45, 2.75) is 25.2 Å². The lowest BCUT2D eigenvalue weighted by atomic mass is 10.3. The highest BCUT2D eigenvalue weighted by molar-refractivity contribution is 7.99. The molecule has 9 heteroatoms. The summed E-state index contributed by atoms with van der Waals surface area (Å²) >= 11 is 7.13. The molecule has 0 spiro atoms. The molecule has 0 fully saturated rings. The molecule has 0 bridgehead atoms. The van der Waals surface area contributed by atoms with Crippen LogP contribution in [0.4, 0.5) is 4.39 Å². The fourth-order valence-electron chi connectivity index (χ4n) is 2.00. The van der Waals surface area contributed by atoms with Gasteiger partial charge >= 0.3 is 0 Å². The van der Waals surface area contributed by atoms with Crippen molar-refractivity contribution in [3.63, 3.8) is 0 Å². The normalized spacial score (nSPS) is 12.0. The van der Waals surface area contributed by atoms with Gasteiger partial charge in [-0.25, -0.2) is 9.37 Å². The minimum Gasteiger partial charge on any atom is -0.481 e. The van der Waals surface area contributed by atoms with E-state index in [0.717, 1.165) is 11.8 Å². The van der Waals surface area contributed by atoms with Gasteiger partial charge in [0.25, 0.3) is 17.0 Å². The van der Waals surface area contributed by atoms with E-state index in [1.807, 2.05) is 13.8 Å². The van der Waals surface area contributed by atoms with Gasteiger partial charge in [-0.2, -0.15) is 0 Å². The lowest BCUT2D eigenvalue weighted by molar-refractivity contribution is 0.181. The number of nitrogens with zero attached hydrogens (tertiary/aromatic N) is 3. The summed E-state index contributed by atoms with van der Waals surface area (Å²) in [5.74, 6) is 1.46. The fraction of sp³-hybridized carbons (Fsp3) is 0.235. The lowest BCUT2D eigenvalue weighted by Gasteiger charge is -2.11. The third-order valence-corrected chi connectivity index (χ3v) is 4.07. The molecule has 0 saturated carbocycles. The summed E-state index contributed by atoms with van der Waals surface area (Å²) in [5, 5.41) is 8.63. The summed E-state index contributed by atoms with van der Waals surface area (Å²) in [5.41, 5.74) is 0. The van der Waals surface area contributed by atoms with Crippen LogP contribution in [-0.2, 0) is 0 Å². The fourth-order valence-corrected chi connectivity index (χ4v) is 2.63. The maximum atomic E-state index is 13.7. The Hall–Kier alpha value is -2.32. The summed E-state index contributed by atoms with van der Waals surface area (Å²) in [6, 6.07) is 7.81. The highest BCUT2D eigenvalue weighted by Gasteiger charge is 2.16. The van der Waals surface area contributed by atoms with Crippen molar-refractivity contribution in [2.24, 2.45) is 0 Å². The Balaban J connectivity index is 1.63. The van der Waals surface area contributed by atoms with E-state index in [0.29, 0.717) is 22.6 Å². The maximum Gasteiger partial charge on any atom is 0.276 e. The molecule has 0 N–H and O–H groups in total. The molecule has 2 heterocycles. The second-order valence-corrected chi connectivity index (χ2v) is 6.76. The molecule has 136 valence electrons. The second-order valence-electron chi connectivity index (χ2n) is 5.11. The first-order chi connectivity index (χ1) is 12.5. The van der Waals surface area contributed by atoms with E-state index in [9.17, 15) is 4.39 Å². The predicted octanol–water partition coefficient (Wildman–Crippen LogP) is 5.30. The van der Waals surface area contributed by atoms with Crippen LogP contribution in [0, 0.1) is 5.82 Å². The van der Waals surface area contributed by atoms with Gasteiger partial charge in [0.15, 0.2) is 11.9 Å². The topological polar surface area (TPSA) is 70.3 Å². The van der Waals surface area contributed by atoms with Crippen LogP contribution in [0.3, 0.4) is 0 Å². The number of aromatic nitrogens is 3. The van der Waals surface area contributed by atoms with Gasteiger partial charge in [-0.1, -0.05) is 30.3 Å². The van der Waals surface area contributed by atoms with Crippen LogP contribution in [0.25, 0.3) is 0 Å². The van der Waals surface area contributed by atoms with E-state index < -0.39 is 11.9 Å². The van der Waals surface area contributed by atoms with Crippen molar-refractivity contribution in [1.29, 1.82) is 0 Å². The molecule has 26 heavy (non-hydrogen) atoms. The smallest absolute Gasteiger partial charge is 0.276 e. The number of halogens is 2. The van der Waals surface area contributed by atoms with Gasteiger partial charge in [0.2, 0.25) is 0 Å². The van der Waals surface area contributed by atoms with Crippen LogP contribution in [0.1, 0.15) is 25.8 Å². The van der Waals surface area contributed by atoms with Crippen molar-refractivity contribution in [3.05, 3.63) is 53.3 Å². The molecule has 0 saturated heterocycles. The van der Waals surface area contributed by atoms with Gasteiger partial charge in [0.1, 0.15) is 11.5 Å². The van der Waals surface area contributed by atoms with E-state index in [-0.39, 0.29) is 10.9 Å². The first-order valence-corrected chi connectivity index (χ1v) is 9.13. The Kier molecular flexibility index (Phi) is 5.95. The number of pyridine rings is 1. The summed E-state index contributed by atoms with van der Waals surface area (Å²) in [6.45, 7) is 3.81. The first-order valence-electron chi connectivity index (χ1n) is 7.77. The van der Waals surface area contributed by atoms with Crippen LogP contribution in [0.15, 0.2) is 46.2 Å². The highest BCUT2D eigenvalue weighted by atomic mass is 35.5. The van der Waals surface area contributed by atoms with Crippen molar-refractivity contribution in [1.82, 2.24) is 15.2 Å². The zero-order valence-electron chi connectivity index (χ0n) is 14.0. The van der Waals surface area contributed by atoms with E-state index in [4.69, 9.17) is 25.5 Å². The molecule has 0 unspecified atom stereocenters. The average molecular weight is 396 g/mol.